The molecule has 0 N–H and O–H groups in total. The fraction of sp³-hybridized carbons (Fsp3) is 0.208. The predicted molar refractivity (Wildman–Crippen MR) is 118 cm³/mol. The van der Waals surface area contributed by atoms with Gasteiger partial charge in [0.15, 0.2) is 0 Å². The Labute approximate surface area is 180 Å². The number of amides is 1. The summed E-state index contributed by atoms with van der Waals surface area (Å²) < 4.78 is 5.77. The zero-order valence-corrected chi connectivity index (χ0v) is 17.7. The Morgan fingerprint density at radius 3 is 2.63 bits per heavy atom. The minimum absolute atomic E-state index is 0.0180. The Morgan fingerprint density at radius 2 is 1.97 bits per heavy atom. The molecule has 0 aliphatic heterocycles. The summed E-state index contributed by atoms with van der Waals surface area (Å²) in [7, 11) is 0. The van der Waals surface area contributed by atoms with Gasteiger partial charge in [0.2, 0.25) is 5.91 Å². The van der Waals surface area contributed by atoms with Crippen molar-refractivity contribution in [2.75, 3.05) is 6.54 Å². The molecule has 152 valence electrons. The minimum atomic E-state index is -0.0180. The molecule has 3 aromatic rings. The van der Waals surface area contributed by atoms with E-state index in [2.05, 4.69) is 17.6 Å². The predicted octanol–water partition coefficient (Wildman–Crippen LogP) is 4.66. The Hall–Kier alpha value is -3.43. The number of benzene rings is 2. The summed E-state index contributed by atoms with van der Waals surface area (Å²) >= 11 is 1.49. The van der Waals surface area contributed by atoms with Crippen LogP contribution in [0.4, 0.5) is 0 Å². The molecule has 5 nitrogen and oxygen atoms in total. The van der Waals surface area contributed by atoms with Crippen LogP contribution in [0.5, 0.6) is 5.75 Å². The van der Waals surface area contributed by atoms with Gasteiger partial charge >= 0.3 is 0 Å². The van der Waals surface area contributed by atoms with Crippen LogP contribution in [0, 0.1) is 18.3 Å². The molecule has 0 atom stereocenters. The molecule has 0 radical (unpaired) electrons. The number of rotatable bonds is 9. The van der Waals surface area contributed by atoms with Gasteiger partial charge in [0.25, 0.3) is 0 Å². The smallest absolute Gasteiger partial charge is 0.229 e. The largest absolute Gasteiger partial charge is 0.486 e. The lowest BCUT2D eigenvalue weighted by Gasteiger charge is -2.21. The molecule has 0 aliphatic rings. The van der Waals surface area contributed by atoms with E-state index in [1.807, 2.05) is 48.7 Å². The van der Waals surface area contributed by atoms with E-state index in [4.69, 9.17) is 10.00 Å². The number of nitrogens with zero attached hydrogens (tertiary/aromatic N) is 3. The van der Waals surface area contributed by atoms with Crippen molar-refractivity contribution in [2.24, 2.45) is 0 Å². The number of nitriles is 1. The molecule has 0 fully saturated rings. The quantitative estimate of drug-likeness (QED) is 0.475. The minimum Gasteiger partial charge on any atom is -0.486 e. The first kappa shape index (κ1) is 21.3. The second-order valence-electron chi connectivity index (χ2n) is 6.88. The van der Waals surface area contributed by atoms with E-state index in [9.17, 15) is 4.79 Å². The molecule has 0 unspecified atom stereocenters. The van der Waals surface area contributed by atoms with Crippen LogP contribution >= 0.6 is 11.3 Å². The molecule has 2 aromatic carbocycles. The molecule has 6 heteroatoms. The highest BCUT2D eigenvalue weighted by molar-refractivity contribution is 7.09. The Kier molecular flexibility index (Phi) is 7.36. The Bertz CT molecular complexity index is 1030. The molecule has 0 bridgehead atoms. The van der Waals surface area contributed by atoms with Crippen molar-refractivity contribution in [3.8, 4) is 11.8 Å². The molecule has 0 aliphatic carbocycles. The number of carbonyl (C=O) groups is 1. The van der Waals surface area contributed by atoms with Gasteiger partial charge in [-0.1, -0.05) is 35.9 Å². The maximum absolute atomic E-state index is 12.8. The van der Waals surface area contributed by atoms with Crippen molar-refractivity contribution in [1.29, 1.82) is 5.26 Å². The number of hydrogen-bond donors (Lipinski definition) is 0. The van der Waals surface area contributed by atoms with E-state index >= 15 is 0 Å². The van der Waals surface area contributed by atoms with Crippen LogP contribution in [-0.4, -0.2) is 22.3 Å². The number of aromatic nitrogens is 1. The fourth-order valence-electron chi connectivity index (χ4n) is 2.86. The van der Waals surface area contributed by atoms with Gasteiger partial charge in [-0.2, -0.15) is 5.26 Å². The van der Waals surface area contributed by atoms with Crippen molar-refractivity contribution in [3.05, 3.63) is 94.0 Å². The van der Waals surface area contributed by atoms with E-state index in [0.717, 1.165) is 22.0 Å². The fourth-order valence-corrected chi connectivity index (χ4v) is 3.56. The molecule has 30 heavy (non-hydrogen) atoms. The lowest BCUT2D eigenvalue weighted by atomic mass is 10.1. The molecule has 0 spiro atoms. The molecule has 3 rings (SSSR count). The number of carbonyl (C=O) groups excluding carboxylic acids is 1. The average Bonchev–Trinajstić information content (AvgIpc) is 3.21. The lowest BCUT2D eigenvalue weighted by molar-refractivity contribution is -0.130. The highest BCUT2D eigenvalue weighted by Gasteiger charge is 2.15. The molecule has 0 saturated heterocycles. The number of aryl methyl sites for hydroxylation is 1. The summed E-state index contributed by atoms with van der Waals surface area (Å²) in [4.78, 5) is 19.1. The third kappa shape index (κ3) is 6.03. The van der Waals surface area contributed by atoms with Crippen molar-refractivity contribution in [1.82, 2.24) is 9.88 Å². The highest BCUT2D eigenvalue weighted by Crippen LogP contribution is 2.17. The Balaban J connectivity index is 1.58. The summed E-state index contributed by atoms with van der Waals surface area (Å²) in [5.41, 5.74) is 3.49. The Morgan fingerprint density at radius 1 is 1.23 bits per heavy atom. The second kappa shape index (κ2) is 10.4. The standard InChI is InChI=1S/C24H23N3O2S/c1-3-12-27(15-20-8-6-19(14-25)7-9-20)24(28)13-21-17-30-23(26-21)16-29-22-10-4-18(2)5-11-22/h3-11,17H,1,12-13,15-16H2,2H3. The molecule has 0 saturated carbocycles. The summed E-state index contributed by atoms with van der Waals surface area (Å²) in [6.07, 6.45) is 1.94. The van der Waals surface area contributed by atoms with Crippen LogP contribution in [0.3, 0.4) is 0 Å². The van der Waals surface area contributed by atoms with Crippen molar-refractivity contribution in [2.45, 2.75) is 26.5 Å². The zero-order chi connectivity index (χ0) is 21.3. The van der Waals surface area contributed by atoms with Crippen LogP contribution in [-0.2, 0) is 24.4 Å². The summed E-state index contributed by atoms with van der Waals surface area (Å²) in [6, 6.07) is 17.2. The summed E-state index contributed by atoms with van der Waals surface area (Å²) in [5.74, 6) is 0.781. The first-order valence-electron chi connectivity index (χ1n) is 9.58. The topological polar surface area (TPSA) is 66.2 Å². The summed E-state index contributed by atoms with van der Waals surface area (Å²) in [6.45, 7) is 7.08. The third-order valence-corrected chi connectivity index (χ3v) is 5.34. The first-order chi connectivity index (χ1) is 14.6. The van der Waals surface area contributed by atoms with Gasteiger partial charge in [-0.15, -0.1) is 17.9 Å². The van der Waals surface area contributed by atoms with Gasteiger partial charge in [-0.3, -0.25) is 4.79 Å². The number of thiazole rings is 1. The maximum Gasteiger partial charge on any atom is 0.229 e. The maximum atomic E-state index is 12.8. The number of hydrogen-bond acceptors (Lipinski definition) is 5. The van der Waals surface area contributed by atoms with Gasteiger partial charge in [-0.25, -0.2) is 4.98 Å². The first-order valence-corrected chi connectivity index (χ1v) is 10.5. The molecule has 1 aromatic heterocycles. The molecular weight excluding hydrogens is 394 g/mol. The van der Waals surface area contributed by atoms with E-state index in [-0.39, 0.29) is 12.3 Å². The SMILES string of the molecule is C=CCN(Cc1ccc(C#N)cc1)C(=O)Cc1csc(COc2ccc(C)cc2)n1. The molecule has 1 heterocycles. The van der Waals surface area contributed by atoms with Crippen LogP contribution in [0.1, 0.15) is 27.4 Å². The van der Waals surface area contributed by atoms with Gasteiger partial charge in [0.1, 0.15) is 17.4 Å². The van der Waals surface area contributed by atoms with Crippen molar-refractivity contribution >= 4 is 17.2 Å². The van der Waals surface area contributed by atoms with Gasteiger partial charge in [-0.05, 0) is 36.8 Å². The number of ether oxygens (including phenoxy) is 1. The van der Waals surface area contributed by atoms with E-state index < -0.39 is 0 Å². The van der Waals surface area contributed by atoms with Gasteiger partial charge in [0.05, 0.1) is 23.7 Å². The van der Waals surface area contributed by atoms with Gasteiger partial charge < -0.3 is 9.64 Å². The average molecular weight is 418 g/mol. The highest BCUT2D eigenvalue weighted by atomic mass is 32.1. The van der Waals surface area contributed by atoms with Crippen LogP contribution < -0.4 is 4.74 Å². The molecular formula is C24H23N3O2S. The monoisotopic (exact) mass is 417 g/mol. The zero-order valence-electron chi connectivity index (χ0n) is 16.9. The van der Waals surface area contributed by atoms with E-state index in [0.29, 0.717) is 25.3 Å². The van der Waals surface area contributed by atoms with E-state index in [1.165, 1.54) is 16.9 Å². The lowest BCUT2D eigenvalue weighted by Crippen LogP contribution is -2.32. The summed E-state index contributed by atoms with van der Waals surface area (Å²) in [5, 5.41) is 11.7. The van der Waals surface area contributed by atoms with Gasteiger partial charge in [0, 0.05) is 18.5 Å². The van der Waals surface area contributed by atoms with Crippen molar-refractivity contribution in [3.63, 3.8) is 0 Å². The van der Waals surface area contributed by atoms with Crippen LogP contribution in [0.15, 0.2) is 66.6 Å². The molecule has 1 amide bonds. The normalized spacial score (nSPS) is 10.3. The third-order valence-electron chi connectivity index (χ3n) is 4.47. The van der Waals surface area contributed by atoms with Crippen molar-refractivity contribution < 1.29 is 9.53 Å². The second-order valence-corrected chi connectivity index (χ2v) is 7.83. The van der Waals surface area contributed by atoms with Crippen LogP contribution in [0.25, 0.3) is 0 Å². The van der Waals surface area contributed by atoms with E-state index in [1.54, 1.807) is 23.1 Å². The van der Waals surface area contributed by atoms with Crippen LogP contribution in [0.2, 0.25) is 0 Å².